The summed E-state index contributed by atoms with van der Waals surface area (Å²) in [4.78, 5) is 11.9. The quantitative estimate of drug-likeness (QED) is 0.618. The second kappa shape index (κ2) is 7.96. The van der Waals surface area contributed by atoms with Crippen molar-refractivity contribution in [1.29, 1.82) is 0 Å². The van der Waals surface area contributed by atoms with E-state index in [1.807, 2.05) is 12.1 Å². The Morgan fingerprint density at radius 2 is 2.32 bits per heavy atom. The number of nitrogens with one attached hydrogen (secondary N) is 1. The van der Waals surface area contributed by atoms with Crippen molar-refractivity contribution in [1.82, 2.24) is 5.32 Å². The van der Waals surface area contributed by atoms with Gasteiger partial charge < -0.3 is 9.47 Å². The van der Waals surface area contributed by atoms with Gasteiger partial charge in [-0.1, -0.05) is 12.1 Å². The topological polar surface area (TPSA) is 47.6 Å². The van der Waals surface area contributed by atoms with Crippen LogP contribution >= 0.6 is 15.9 Å². The molecule has 19 heavy (non-hydrogen) atoms. The van der Waals surface area contributed by atoms with Crippen LogP contribution in [0.4, 0.5) is 0 Å². The summed E-state index contributed by atoms with van der Waals surface area (Å²) in [6.07, 6.45) is 1.70. The monoisotopic (exact) mass is 327 g/mol. The number of hydrogen-bond acceptors (Lipinski definition) is 4. The highest BCUT2D eigenvalue weighted by atomic mass is 79.9. The first kappa shape index (κ1) is 15.7. The van der Waals surface area contributed by atoms with Gasteiger partial charge in [-0.2, -0.15) is 0 Å². The zero-order valence-electron chi connectivity index (χ0n) is 11.1. The summed E-state index contributed by atoms with van der Waals surface area (Å²) in [5.74, 6) is 0.413. The van der Waals surface area contributed by atoms with Crippen molar-refractivity contribution >= 4 is 21.9 Å². The fraction of sp³-hybridized carbons (Fsp3) is 0.357. The highest BCUT2D eigenvalue weighted by Crippen LogP contribution is 2.28. The molecule has 1 aromatic rings. The average Bonchev–Trinajstić information content (AvgIpc) is 2.39. The van der Waals surface area contributed by atoms with E-state index >= 15 is 0 Å². The van der Waals surface area contributed by atoms with Crippen LogP contribution < -0.4 is 10.1 Å². The predicted molar refractivity (Wildman–Crippen MR) is 78.3 cm³/mol. The number of carbonyl (C=O) groups is 1. The summed E-state index contributed by atoms with van der Waals surface area (Å²) in [5.41, 5.74) is 0.813. The van der Waals surface area contributed by atoms with Crippen molar-refractivity contribution in [2.24, 2.45) is 0 Å². The molecule has 0 spiro atoms. The van der Waals surface area contributed by atoms with E-state index in [4.69, 9.17) is 9.47 Å². The summed E-state index contributed by atoms with van der Waals surface area (Å²) >= 11 is 3.41. The van der Waals surface area contributed by atoms with Gasteiger partial charge >= 0.3 is 5.97 Å². The molecule has 1 rings (SSSR count). The Balaban J connectivity index is 2.99. The van der Waals surface area contributed by atoms with Gasteiger partial charge in [0.15, 0.2) is 0 Å². The lowest BCUT2D eigenvalue weighted by molar-refractivity contribution is -0.145. The Morgan fingerprint density at radius 1 is 1.58 bits per heavy atom. The molecule has 1 N–H and O–H groups in total. The van der Waals surface area contributed by atoms with Gasteiger partial charge in [-0.3, -0.25) is 5.32 Å². The van der Waals surface area contributed by atoms with E-state index in [1.54, 1.807) is 26.2 Å². The van der Waals surface area contributed by atoms with E-state index in [1.165, 1.54) is 0 Å². The molecule has 0 amide bonds. The maximum atomic E-state index is 11.9. The lowest BCUT2D eigenvalue weighted by Crippen LogP contribution is -2.30. The molecule has 5 heteroatoms. The number of ether oxygens (including phenoxy) is 2. The van der Waals surface area contributed by atoms with Crippen LogP contribution in [0.2, 0.25) is 0 Å². The minimum absolute atomic E-state index is 0.304. The van der Waals surface area contributed by atoms with Crippen molar-refractivity contribution in [3.8, 4) is 5.75 Å². The maximum absolute atomic E-state index is 11.9. The van der Waals surface area contributed by atoms with Crippen LogP contribution in [0.1, 0.15) is 18.5 Å². The predicted octanol–water partition coefficient (Wildman–Crippen LogP) is 2.84. The molecule has 0 saturated heterocycles. The van der Waals surface area contributed by atoms with E-state index < -0.39 is 6.04 Å². The molecule has 1 aromatic carbocycles. The maximum Gasteiger partial charge on any atom is 0.327 e. The highest BCUT2D eigenvalue weighted by Gasteiger charge is 2.21. The van der Waals surface area contributed by atoms with Gasteiger partial charge in [-0.15, -0.1) is 6.58 Å². The number of methoxy groups -OCH3 is 1. The molecule has 0 radical (unpaired) electrons. The first-order valence-electron chi connectivity index (χ1n) is 5.98. The van der Waals surface area contributed by atoms with Crippen LogP contribution in [-0.2, 0) is 9.53 Å². The molecule has 0 aliphatic carbocycles. The lowest BCUT2D eigenvalue weighted by Gasteiger charge is -2.17. The Labute approximate surface area is 121 Å². The van der Waals surface area contributed by atoms with Crippen molar-refractivity contribution in [2.45, 2.75) is 13.0 Å². The van der Waals surface area contributed by atoms with Crippen LogP contribution in [0.15, 0.2) is 35.3 Å². The van der Waals surface area contributed by atoms with Gasteiger partial charge in [0.1, 0.15) is 11.8 Å². The van der Waals surface area contributed by atoms with Crippen LogP contribution in [-0.4, -0.2) is 26.2 Å². The number of esters is 1. The average molecular weight is 328 g/mol. The third-order valence-corrected chi connectivity index (χ3v) is 3.12. The van der Waals surface area contributed by atoms with Gasteiger partial charge in [0.25, 0.3) is 0 Å². The fourth-order valence-electron chi connectivity index (χ4n) is 1.63. The molecule has 0 aliphatic heterocycles. The molecule has 0 aliphatic rings. The third kappa shape index (κ3) is 4.36. The summed E-state index contributed by atoms with van der Waals surface area (Å²) in [6, 6.07) is 4.97. The molecule has 0 bridgehead atoms. The molecule has 4 nitrogen and oxygen atoms in total. The van der Waals surface area contributed by atoms with Crippen molar-refractivity contribution in [3.63, 3.8) is 0 Å². The smallest absolute Gasteiger partial charge is 0.327 e. The first-order valence-corrected chi connectivity index (χ1v) is 6.77. The SMILES string of the molecule is C=CCNC(C(=O)OCC)c1ccc(OC)c(Br)c1. The third-order valence-electron chi connectivity index (χ3n) is 2.50. The summed E-state index contributed by atoms with van der Waals surface area (Å²) in [5, 5.41) is 3.08. The number of benzene rings is 1. The van der Waals surface area contributed by atoms with Crippen LogP contribution in [0, 0.1) is 0 Å². The summed E-state index contributed by atoms with van der Waals surface area (Å²) in [7, 11) is 1.60. The molecule has 0 saturated carbocycles. The molecule has 0 aromatic heterocycles. The number of hydrogen-bond donors (Lipinski definition) is 1. The molecule has 1 unspecified atom stereocenters. The van der Waals surface area contributed by atoms with E-state index in [0.717, 1.165) is 15.8 Å². The molecule has 1 atom stereocenters. The Kier molecular flexibility index (Phi) is 6.59. The fourth-order valence-corrected chi connectivity index (χ4v) is 2.18. The second-order valence-corrected chi connectivity index (χ2v) is 4.63. The highest BCUT2D eigenvalue weighted by molar-refractivity contribution is 9.10. The van der Waals surface area contributed by atoms with Gasteiger partial charge in [0, 0.05) is 6.54 Å². The Morgan fingerprint density at radius 3 is 2.84 bits per heavy atom. The number of rotatable bonds is 7. The van der Waals surface area contributed by atoms with E-state index in [9.17, 15) is 4.79 Å². The largest absolute Gasteiger partial charge is 0.496 e. The van der Waals surface area contributed by atoms with Crippen molar-refractivity contribution in [3.05, 3.63) is 40.9 Å². The van der Waals surface area contributed by atoms with E-state index in [2.05, 4.69) is 27.8 Å². The van der Waals surface area contributed by atoms with Crippen molar-refractivity contribution < 1.29 is 14.3 Å². The Hall–Kier alpha value is -1.33. The van der Waals surface area contributed by atoms with E-state index in [0.29, 0.717) is 13.2 Å². The zero-order valence-corrected chi connectivity index (χ0v) is 12.7. The van der Waals surface area contributed by atoms with Gasteiger partial charge in [-0.25, -0.2) is 4.79 Å². The van der Waals surface area contributed by atoms with Gasteiger partial charge in [0.2, 0.25) is 0 Å². The Bertz CT molecular complexity index is 448. The van der Waals surface area contributed by atoms with E-state index in [-0.39, 0.29) is 5.97 Å². The molecular weight excluding hydrogens is 310 g/mol. The summed E-state index contributed by atoms with van der Waals surface area (Å²) < 4.78 is 11.0. The zero-order chi connectivity index (χ0) is 14.3. The molecule has 104 valence electrons. The number of halogens is 1. The molecular formula is C14H18BrNO3. The normalized spacial score (nSPS) is 11.7. The minimum atomic E-state index is -0.514. The molecule has 0 heterocycles. The van der Waals surface area contributed by atoms with Crippen LogP contribution in [0.3, 0.4) is 0 Å². The van der Waals surface area contributed by atoms with Gasteiger partial charge in [0.05, 0.1) is 18.2 Å². The first-order chi connectivity index (χ1) is 9.13. The van der Waals surface area contributed by atoms with Gasteiger partial charge in [-0.05, 0) is 40.5 Å². The molecule has 0 fully saturated rings. The van der Waals surface area contributed by atoms with Crippen molar-refractivity contribution in [2.75, 3.05) is 20.3 Å². The number of carbonyl (C=O) groups excluding carboxylic acids is 1. The van der Waals surface area contributed by atoms with Crippen LogP contribution in [0.25, 0.3) is 0 Å². The second-order valence-electron chi connectivity index (χ2n) is 3.78. The lowest BCUT2D eigenvalue weighted by atomic mass is 10.1. The van der Waals surface area contributed by atoms with Crippen LogP contribution in [0.5, 0.6) is 5.75 Å². The summed E-state index contributed by atoms with van der Waals surface area (Å²) in [6.45, 7) is 6.29. The standard InChI is InChI=1S/C14H18BrNO3/c1-4-8-16-13(14(17)19-5-2)10-6-7-12(18-3)11(15)9-10/h4,6-7,9,13,16H,1,5,8H2,2-3H3. The minimum Gasteiger partial charge on any atom is -0.496 e.